The van der Waals surface area contributed by atoms with Crippen LogP contribution < -0.4 is 0 Å². The number of esters is 1. The van der Waals surface area contributed by atoms with Crippen molar-refractivity contribution in [1.29, 1.82) is 0 Å². The highest BCUT2D eigenvalue weighted by Gasteiger charge is 2.51. The van der Waals surface area contributed by atoms with Crippen LogP contribution in [0.25, 0.3) is 0 Å². The monoisotopic (exact) mass is 895 g/mol. The molecule has 0 aromatic heterocycles. The minimum atomic E-state index is -2.43. The molecule has 0 saturated heterocycles. The Hall–Kier alpha value is -1.15. The number of ether oxygens (including phenoxy) is 1. The molecule has 0 radical (unpaired) electrons. The highest BCUT2D eigenvalue weighted by molar-refractivity contribution is 7.75. The van der Waals surface area contributed by atoms with E-state index >= 15 is 0 Å². The van der Waals surface area contributed by atoms with Gasteiger partial charge in [-0.15, -0.1) is 0 Å². The molecule has 0 saturated carbocycles. The van der Waals surface area contributed by atoms with Gasteiger partial charge in [0.05, 0.1) is 25.4 Å². The second kappa shape index (κ2) is 24.6. The second-order valence-corrected chi connectivity index (χ2v) is 36.9. The predicted molar refractivity (Wildman–Crippen MR) is 254 cm³/mol. The molecule has 0 amide bonds. The first kappa shape index (κ1) is 54.0. The van der Waals surface area contributed by atoms with Gasteiger partial charge in [0.25, 0.3) is 0 Å². The molecule has 2 rings (SSSR count). The first-order valence-electron chi connectivity index (χ1n) is 22.9. The van der Waals surface area contributed by atoms with Crippen molar-refractivity contribution in [2.45, 2.75) is 232 Å². The van der Waals surface area contributed by atoms with Crippen molar-refractivity contribution in [3.05, 3.63) is 35.4 Å². The summed E-state index contributed by atoms with van der Waals surface area (Å²) in [5.74, 6) is 6.49. The number of benzene rings is 1. The van der Waals surface area contributed by atoms with E-state index in [2.05, 4.69) is 136 Å². The molecule has 0 spiro atoms. The average molecular weight is 896 g/mol. The Labute approximate surface area is 368 Å². The third-order valence-corrected chi connectivity index (χ3v) is 32.4. The van der Waals surface area contributed by atoms with Gasteiger partial charge in [0.2, 0.25) is 25.0 Å². The van der Waals surface area contributed by atoms with Crippen LogP contribution in [-0.4, -0.2) is 60.6 Å². The molecule has 1 aliphatic heterocycles. The van der Waals surface area contributed by atoms with Gasteiger partial charge in [-0.2, -0.15) is 4.21 Å². The highest BCUT2D eigenvalue weighted by Crippen LogP contribution is 2.48. The minimum Gasteiger partial charge on any atom is -0.466 e. The summed E-state index contributed by atoms with van der Waals surface area (Å²) >= 11 is -2.06. The lowest BCUT2D eigenvalue weighted by molar-refractivity contribution is -0.144. The summed E-state index contributed by atoms with van der Waals surface area (Å²) in [7, 11) is -7.17. The Kier molecular flexibility index (Phi) is 22.5. The maximum Gasteiger partial charge on any atom is 0.305 e. The first-order chi connectivity index (χ1) is 27.5. The SMILES string of the molecule is CC(C)[Si](OC1CCC(=O)OCCCCC(O[Si](C(C)C)(C(C)C)C(C)C)[C@@H](O[Si](C(C)C)(C(C)C)C(C)C)C#CCOS(=O)OCc2ccccc21)(C(C)C)C(C)C. The van der Waals surface area contributed by atoms with Gasteiger partial charge in [-0.1, -0.05) is 161 Å². The van der Waals surface area contributed by atoms with Crippen LogP contribution in [-0.2, 0) is 49.1 Å². The standard InChI is InChI=1S/C47H86O8SSi3/c1-33(2)57(34(3)4,35(5)6)53-44-28-29-47(48)50-30-22-21-26-45(54-58(36(7)8,37(9)10)38(11)12)46(55-59(39(13)14,40(15)16)41(17)18)27-23-31-51-56(49)52-32-42-24-19-20-25-43(42)44/h19-20,24-25,33-41,44-46H,21-22,26,28-32H2,1-18H3/t44?,45?,46-,56?/m0/s1. The molecule has 8 nitrogen and oxygen atoms in total. The molecule has 1 heterocycles. The normalized spacial score (nSPS) is 21.8. The van der Waals surface area contributed by atoms with E-state index in [1.54, 1.807) is 0 Å². The van der Waals surface area contributed by atoms with Gasteiger partial charge in [-0.05, 0) is 86.7 Å². The number of hydrogen-bond donors (Lipinski definition) is 0. The lowest BCUT2D eigenvalue weighted by Crippen LogP contribution is -2.56. The molecule has 340 valence electrons. The van der Waals surface area contributed by atoms with Crippen LogP contribution >= 0.6 is 0 Å². The van der Waals surface area contributed by atoms with Gasteiger partial charge in [-0.3, -0.25) is 13.2 Å². The second-order valence-electron chi connectivity index (χ2n) is 19.8. The molecule has 0 bridgehead atoms. The maximum absolute atomic E-state index is 13.5. The number of hydrogen-bond acceptors (Lipinski definition) is 8. The lowest BCUT2D eigenvalue weighted by atomic mass is 9.99. The fraction of sp³-hybridized carbons (Fsp3) is 0.809. The molecule has 1 aromatic rings. The zero-order valence-corrected chi connectivity index (χ0v) is 44.4. The molecule has 0 fully saturated rings. The first-order valence-corrected chi connectivity index (χ1v) is 30.4. The fourth-order valence-electron chi connectivity index (χ4n) is 11.0. The minimum absolute atomic E-state index is 0.0549. The van der Waals surface area contributed by atoms with E-state index in [1.807, 2.05) is 24.3 Å². The van der Waals surface area contributed by atoms with Gasteiger partial charge in [0.15, 0.2) is 0 Å². The van der Waals surface area contributed by atoms with Gasteiger partial charge in [-0.25, -0.2) is 0 Å². The average Bonchev–Trinajstić information content (AvgIpc) is 3.13. The fourth-order valence-corrected chi connectivity index (χ4v) is 28.1. The van der Waals surface area contributed by atoms with Crippen LogP contribution in [0.15, 0.2) is 24.3 Å². The maximum atomic E-state index is 13.5. The van der Waals surface area contributed by atoms with Crippen molar-refractivity contribution in [3.63, 3.8) is 0 Å². The van der Waals surface area contributed by atoms with Gasteiger partial charge < -0.3 is 18.0 Å². The van der Waals surface area contributed by atoms with Crippen molar-refractivity contribution in [1.82, 2.24) is 0 Å². The van der Waals surface area contributed by atoms with E-state index in [4.69, 9.17) is 26.4 Å². The van der Waals surface area contributed by atoms with Gasteiger partial charge in [0.1, 0.15) is 12.7 Å². The molecule has 1 aromatic carbocycles. The van der Waals surface area contributed by atoms with E-state index in [0.717, 1.165) is 17.5 Å². The van der Waals surface area contributed by atoms with Crippen molar-refractivity contribution in [3.8, 4) is 11.8 Å². The predicted octanol–water partition coefficient (Wildman–Crippen LogP) is 13.7. The topological polar surface area (TPSA) is 89.5 Å². The molecular formula is C47H86O8SSi3. The Morgan fingerprint density at radius 3 is 1.61 bits per heavy atom. The molecule has 0 N–H and O–H groups in total. The van der Waals surface area contributed by atoms with E-state index in [9.17, 15) is 9.00 Å². The summed E-state index contributed by atoms with van der Waals surface area (Å²) in [4.78, 5) is 13.5. The van der Waals surface area contributed by atoms with Crippen LogP contribution in [0, 0.1) is 11.8 Å². The third kappa shape index (κ3) is 13.7. The van der Waals surface area contributed by atoms with Gasteiger partial charge in [0, 0.05) is 6.42 Å². The Morgan fingerprint density at radius 1 is 0.627 bits per heavy atom. The molecule has 3 unspecified atom stereocenters. The Morgan fingerprint density at radius 2 is 1.10 bits per heavy atom. The molecule has 0 aliphatic carbocycles. The number of cyclic esters (lactones) is 1. The van der Waals surface area contributed by atoms with E-state index in [-0.39, 0.29) is 37.8 Å². The zero-order chi connectivity index (χ0) is 44.9. The quantitative estimate of drug-likeness (QED) is 0.0977. The van der Waals surface area contributed by atoms with Crippen molar-refractivity contribution < 1.29 is 35.4 Å². The van der Waals surface area contributed by atoms with E-state index in [0.29, 0.717) is 75.7 Å². The third-order valence-electron chi connectivity index (χ3n) is 13.4. The number of rotatable bonds is 15. The summed E-state index contributed by atoms with van der Waals surface area (Å²) in [6.07, 6.45) is 1.75. The Balaban J connectivity index is 2.68. The largest absolute Gasteiger partial charge is 0.466 e. The lowest BCUT2D eigenvalue weighted by Gasteiger charge is -2.48. The number of fused-ring (bicyclic) bond motifs is 1. The summed E-state index contributed by atoms with van der Waals surface area (Å²) in [5.41, 5.74) is 5.00. The van der Waals surface area contributed by atoms with Crippen LogP contribution in [0.5, 0.6) is 0 Å². The molecule has 1 aliphatic rings. The van der Waals surface area contributed by atoms with Crippen LogP contribution in [0.2, 0.25) is 49.9 Å². The Bertz CT molecular complexity index is 1430. The van der Waals surface area contributed by atoms with Crippen LogP contribution in [0.3, 0.4) is 0 Å². The summed E-state index contributed by atoms with van der Waals surface area (Å²) in [6, 6.07) is 7.95. The summed E-state index contributed by atoms with van der Waals surface area (Å²) in [6.45, 7) is 41.5. The molecule has 12 heteroatoms. The molecular weight excluding hydrogens is 809 g/mol. The smallest absolute Gasteiger partial charge is 0.305 e. The van der Waals surface area contributed by atoms with E-state index in [1.165, 1.54) is 0 Å². The van der Waals surface area contributed by atoms with Crippen LogP contribution in [0.4, 0.5) is 0 Å². The number of carbonyl (C=O) groups is 1. The highest BCUT2D eigenvalue weighted by atomic mass is 32.2. The van der Waals surface area contributed by atoms with Gasteiger partial charge >= 0.3 is 17.3 Å². The molecule has 59 heavy (non-hydrogen) atoms. The van der Waals surface area contributed by atoms with Crippen molar-refractivity contribution in [2.75, 3.05) is 13.2 Å². The zero-order valence-electron chi connectivity index (χ0n) is 40.6. The summed E-state index contributed by atoms with van der Waals surface area (Å²) < 4.78 is 53.3. The number of carbonyl (C=O) groups excluding carboxylic acids is 1. The van der Waals surface area contributed by atoms with Crippen molar-refractivity contribution in [2.24, 2.45) is 0 Å². The summed E-state index contributed by atoms with van der Waals surface area (Å²) in [5, 5.41) is 0. The van der Waals surface area contributed by atoms with E-state index < -0.39 is 42.4 Å². The van der Waals surface area contributed by atoms with Crippen molar-refractivity contribution >= 4 is 42.3 Å². The molecule has 4 atom stereocenters. The van der Waals surface area contributed by atoms with Crippen LogP contribution in [0.1, 0.15) is 174 Å².